The number of hydrogen-bond donors (Lipinski definition) is 0. The summed E-state index contributed by atoms with van der Waals surface area (Å²) in [5.74, 6) is 0.621. The summed E-state index contributed by atoms with van der Waals surface area (Å²) in [5.41, 5.74) is 3.08. The first-order chi connectivity index (χ1) is 14.7. The van der Waals surface area contributed by atoms with Gasteiger partial charge in [0, 0.05) is 17.9 Å². The number of benzene rings is 1. The molecule has 3 nitrogen and oxygen atoms in total. The van der Waals surface area contributed by atoms with E-state index in [9.17, 15) is 9.65 Å². The Morgan fingerprint density at radius 3 is 2.53 bits per heavy atom. The van der Waals surface area contributed by atoms with Crippen molar-refractivity contribution in [2.24, 2.45) is 0 Å². The van der Waals surface area contributed by atoms with Crippen LogP contribution in [-0.4, -0.2) is 35.3 Å². The van der Waals surface area contributed by atoms with Crippen LogP contribution in [0.3, 0.4) is 0 Å². The van der Waals surface area contributed by atoms with Gasteiger partial charge in [-0.3, -0.25) is 0 Å². The Morgan fingerprint density at radius 1 is 1.10 bits per heavy atom. The molecule has 1 fully saturated rings. The molecule has 3 aromatic rings. The zero-order chi connectivity index (χ0) is 20.8. The maximum atomic E-state index is 13.5. The second kappa shape index (κ2) is 10.2. The lowest BCUT2D eigenvalue weighted by atomic mass is 10.0. The third kappa shape index (κ3) is 5.10. The van der Waals surface area contributed by atoms with Crippen LogP contribution in [-0.2, 0) is 0 Å². The molecular formula is C24H24FN3S2. The van der Waals surface area contributed by atoms with Gasteiger partial charge in [-0.05, 0) is 61.1 Å². The first-order valence-electron chi connectivity index (χ1n) is 10.3. The normalized spacial score (nSPS) is 14.9. The molecule has 0 spiro atoms. The molecule has 0 aliphatic carbocycles. The van der Waals surface area contributed by atoms with Crippen molar-refractivity contribution in [1.29, 1.82) is 5.26 Å². The quantitative estimate of drug-likeness (QED) is 0.415. The first-order valence-corrected chi connectivity index (χ1v) is 12.2. The Morgan fingerprint density at radius 2 is 1.87 bits per heavy atom. The van der Waals surface area contributed by atoms with Crippen molar-refractivity contribution in [3.63, 3.8) is 0 Å². The standard InChI is InChI=1S/C24H24FN3S2/c25-19-9-7-18(8-10-19)20-16-22(23-6-5-14-29-23)27-24(21(20)17-26)30-15-13-28-11-3-1-2-4-12-28/h5-10,14,16H,1-4,11-13,15H2. The van der Waals surface area contributed by atoms with Crippen LogP contribution in [0.15, 0.2) is 52.9 Å². The number of nitrogens with zero attached hydrogens (tertiary/aromatic N) is 3. The zero-order valence-corrected chi connectivity index (χ0v) is 18.4. The van der Waals surface area contributed by atoms with E-state index in [1.807, 2.05) is 23.6 Å². The van der Waals surface area contributed by atoms with Crippen molar-refractivity contribution >= 4 is 23.1 Å². The second-order valence-corrected chi connectivity index (χ2v) is 9.47. The summed E-state index contributed by atoms with van der Waals surface area (Å²) < 4.78 is 13.5. The molecule has 0 radical (unpaired) electrons. The lowest BCUT2D eigenvalue weighted by Crippen LogP contribution is -2.27. The summed E-state index contributed by atoms with van der Waals surface area (Å²) in [6, 6.07) is 14.7. The van der Waals surface area contributed by atoms with E-state index >= 15 is 0 Å². The van der Waals surface area contributed by atoms with Crippen LogP contribution in [0, 0.1) is 17.1 Å². The Kier molecular flexibility index (Phi) is 7.16. The van der Waals surface area contributed by atoms with Gasteiger partial charge in [-0.2, -0.15) is 5.26 Å². The Hall–Kier alpha value is -2.20. The monoisotopic (exact) mass is 437 g/mol. The Labute approximate surface area is 185 Å². The van der Waals surface area contributed by atoms with E-state index in [1.54, 1.807) is 35.2 Å². The summed E-state index contributed by atoms with van der Waals surface area (Å²) >= 11 is 3.28. The van der Waals surface area contributed by atoms with Crippen molar-refractivity contribution in [3.05, 3.63) is 59.2 Å². The van der Waals surface area contributed by atoms with E-state index in [1.165, 1.54) is 37.8 Å². The Bertz CT molecular complexity index is 1000. The molecule has 0 N–H and O–H groups in total. The van der Waals surface area contributed by atoms with Crippen molar-refractivity contribution in [2.45, 2.75) is 30.7 Å². The summed E-state index contributed by atoms with van der Waals surface area (Å²) in [4.78, 5) is 8.44. The number of pyridine rings is 1. The van der Waals surface area contributed by atoms with Crippen molar-refractivity contribution < 1.29 is 4.39 Å². The fraction of sp³-hybridized carbons (Fsp3) is 0.333. The lowest BCUT2D eigenvalue weighted by molar-refractivity contribution is 0.303. The van der Waals surface area contributed by atoms with Gasteiger partial charge >= 0.3 is 0 Å². The van der Waals surface area contributed by atoms with Crippen LogP contribution in [0.2, 0.25) is 0 Å². The topological polar surface area (TPSA) is 39.9 Å². The van der Waals surface area contributed by atoms with Crippen molar-refractivity contribution in [1.82, 2.24) is 9.88 Å². The van der Waals surface area contributed by atoms with Gasteiger partial charge in [0.1, 0.15) is 16.9 Å². The highest BCUT2D eigenvalue weighted by Crippen LogP contribution is 2.35. The van der Waals surface area contributed by atoms with Crippen LogP contribution in [0.4, 0.5) is 4.39 Å². The molecule has 1 aliphatic heterocycles. The molecule has 1 aliphatic rings. The molecule has 30 heavy (non-hydrogen) atoms. The molecule has 0 unspecified atom stereocenters. The number of rotatable bonds is 6. The lowest BCUT2D eigenvalue weighted by Gasteiger charge is -2.19. The SMILES string of the molecule is N#Cc1c(-c2ccc(F)cc2)cc(-c2cccs2)nc1SCCN1CCCCCC1. The maximum absolute atomic E-state index is 13.5. The van der Waals surface area contributed by atoms with Crippen LogP contribution < -0.4 is 0 Å². The van der Waals surface area contributed by atoms with E-state index in [-0.39, 0.29) is 5.82 Å². The molecule has 0 saturated carbocycles. The fourth-order valence-corrected chi connectivity index (χ4v) is 5.46. The van der Waals surface area contributed by atoms with Gasteiger partial charge in [-0.1, -0.05) is 31.0 Å². The van der Waals surface area contributed by atoms with Gasteiger partial charge < -0.3 is 4.90 Å². The summed E-state index contributed by atoms with van der Waals surface area (Å²) in [6.07, 6.45) is 5.20. The average molecular weight is 438 g/mol. The van der Waals surface area contributed by atoms with E-state index < -0.39 is 0 Å². The number of thioether (sulfide) groups is 1. The molecule has 1 saturated heterocycles. The van der Waals surface area contributed by atoms with Gasteiger partial charge in [0.15, 0.2) is 0 Å². The average Bonchev–Trinajstić information content (AvgIpc) is 3.18. The summed E-state index contributed by atoms with van der Waals surface area (Å²) in [7, 11) is 0. The molecule has 0 atom stereocenters. The van der Waals surface area contributed by atoms with Gasteiger partial charge in [0.05, 0.1) is 16.1 Å². The van der Waals surface area contributed by atoms with E-state index in [0.717, 1.165) is 52.1 Å². The van der Waals surface area contributed by atoms with Crippen LogP contribution >= 0.6 is 23.1 Å². The van der Waals surface area contributed by atoms with Crippen molar-refractivity contribution in [2.75, 3.05) is 25.4 Å². The van der Waals surface area contributed by atoms with Crippen LogP contribution in [0.1, 0.15) is 31.2 Å². The van der Waals surface area contributed by atoms with Crippen molar-refractivity contribution in [3.8, 4) is 27.8 Å². The van der Waals surface area contributed by atoms with Gasteiger partial charge in [-0.15, -0.1) is 23.1 Å². The predicted octanol–water partition coefficient (Wildman–Crippen LogP) is 6.46. The highest BCUT2D eigenvalue weighted by molar-refractivity contribution is 7.99. The zero-order valence-electron chi connectivity index (χ0n) is 16.8. The predicted molar refractivity (Wildman–Crippen MR) is 123 cm³/mol. The number of aromatic nitrogens is 1. The van der Waals surface area contributed by atoms with Crippen LogP contribution in [0.25, 0.3) is 21.7 Å². The maximum Gasteiger partial charge on any atom is 0.123 e. The molecule has 4 rings (SSSR count). The first kappa shape index (κ1) is 21.0. The summed E-state index contributed by atoms with van der Waals surface area (Å²) in [6.45, 7) is 3.33. The van der Waals surface area contributed by atoms with Gasteiger partial charge in [0.25, 0.3) is 0 Å². The molecule has 2 aromatic heterocycles. The Balaban J connectivity index is 1.64. The third-order valence-electron chi connectivity index (χ3n) is 5.37. The van der Waals surface area contributed by atoms with E-state index in [2.05, 4.69) is 11.0 Å². The molecule has 3 heterocycles. The molecule has 6 heteroatoms. The molecule has 154 valence electrons. The second-order valence-electron chi connectivity index (χ2n) is 7.44. The number of thiophene rings is 1. The largest absolute Gasteiger partial charge is 0.303 e. The molecular weight excluding hydrogens is 413 g/mol. The highest BCUT2D eigenvalue weighted by Gasteiger charge is 2.17. The minimum absolute atomic E-state index is 0.281. The number of halogens is 1. The fourth-order valence-electron chi connectivity index (χ4n) is 3.77. The minimum atomic E-state index is -0.281. The third-order valence-corrected chi connectivity index (χ3v) is 7.22. The van der Waals surface area contributed by atoms with Gasteiger partial charge in [0.2, 0.25) is 0 Å². The van der Waals surface area contributed by atoms with E-state index in [0.29, 0.717) is 5.56 Å². The molecule has 1 aromatic carbocycles. The number of nitriles is 1. The molecule has 0 bridgehead atoms. The number of hydrogen-bond acceptors (Lipinski definition) is 5. The minimum Gasteiger partial charge on any atom is -0.303 e. The van der Waals surface area contributed by atoms with E-state index in [4.69, 9.17) is 4.98 Å². The smallest absolute Gasteiger partial charge is 0.123 e. The van der Waals surface area contributed by atoms with Gasteiger partial charge in [-0.25, -0.2) is 9.37 Å². The van der Waals surface area contributed by atoms with Crippen LogP contribution in [0.5, 0.6) is 0 Å². The number of likely N-dealkylation sites (tertiary alicyclic amines) is 1. The summed E-state index contributed by atoms with van der Waals surface area (Å²) in [5, 5.41) is 12.7. The highest BCUT2D eigenvalue weighted by atomic mass is 32.2. The molecule has 0 amide bonds.